The summed E-state index contributed by atoms with van der Waals surface area (Å²) in [5.74, 6) is 4.13. The van der Waals surface area contributed by atoms with E-state index in [1.807, 2.05) is 36.0 Å². The highest BCUT2D eigenvalue weighted by atomic mass is 32.2. The molecule has 2 N–H and O–H groups in total. The van der Waals surface area contributed by atoms with Crippen LogP contribution in [0, 0.1) is 5.92 Å². The molecule has 96 valence electrons. The Balaban J connectivity index is 2.13. The fourth-order valence-electron chi connectivity index (χ4n) is 1.43. The van der Waals surface area contributed by atoms with Gasteiger partial charge in [-0.15, -0.1) is 0 Å². The smallest absolute Gasteiger partial charge is 0.119 e. The first-order valence-corrected chi connectivity index (χ1v) is 7.37. The monoisotopic (exact) mass is 253 g/mol. The molecule has 3 heteroatoms. The van der Waals surface area contributed by atoms with Gasteiger partial charge in [0.1, 0.15) is 5.75 Å². The molecule has 17 heavy (non-hydrogen) atoms. The van der Waals surface area contributed by atoms with Crippen LogP contribution < -0.4 is 10.5 Å². The molecular formula is C14H23NOS. The lowest BCUT2D eigenvalue weighted by atomic mass is 10.2. The highest BCUT2D eigenvalue weighted by Crippen LogP contribution is 2.14. The van der Waals surface area contributed by atoms with E-state index >= 15 is 0 Å². The van der Waals surface area contributed by atoms with Gasteiger partial charge in [0.05, 0.1) is 6.61 Å². The van der Waals surface area contributed by atoms with Gasteiger partial charge in [0.15, 0.2) is 0 Å². The van der Waals surface area contributed by atoms with Gasteiger partial charge >= 0.3 is 0 Å². The van der Waals surface area contributed by atoms with Crippen molar-refractivity contribution in [3.63, 3.8) is 0 Å². The third-order valence-electron chi connectivity index (χ3n) is 2.29. The zero-order valence-electron chi connectivity index (χ0n) is 10.8. The number of rotatable bonds is 8. The van der Waals surface area contributed by atoms with Crippen LogP contribution in [0.5, 0.6) is 5.75 Å². The van der Waals surface area contributed by atoms with Crippen molar-refractivity contribution in [1.82, 2.24) is 0 Å². The van der Waals surface area contributed by atoms with E-state index in [9.17, 15) is 0 Å². The van der Waals surface area contributed by atoms with Crippen LogP contribution >= 0.6 is 11.8 Å². The number of hydrogen-bond acceptors (Lipinski definition) is 3. The van der Waals surface area contributed by atoms with Gasteiger partial charge in [0.2, 0.25) is 0 Å². The minimum absolute atomic E-state index is 0.571. The lowest BCUT2D eigenvalue weighted by Crippen LogP contribution is -2.01. The van der Waals surface area contributed by atoms with Crippen LogP contribution in [-0.4, -0.2) is 18.1 Å². The molecule has 1 rings (SSSR count). The molecule has 0 aromatic heterocycles. The Morgan fingerprint density at radius 2 is 2.18 bits per heavy atom. The maximum absolute atomic E-state index is 5.69. The molecule has 0 radical (unpaired) electrons. The van der Waals surface area contributed by atoms with Crippen molar-refractivity contribution in [2.45, 2.75) is 26.8 Å². The van der Waals surface area contributed by atoms with Crippen LogP contribution in [0.2, 0.25) is 0 Å². The Morgan fingerprint density at radius 3 is 2.88 bits per heavy atom. The van der Waals surface area contributed by atoms with Crippen LogP contribution in [-0.2, 0) is 6.54 Å². The lowest BCUT2D eigenvalue weighted by molar-refractivity contribution is 0.318. The quantitative estimate of drug-likeness (QED) is 0.722. The number of benzene rings is 1. The van der Waals surface area contributed by atoms with E-state index in [2.05, 4.69) is 13.8 Å². The van der Waals surface area contributed by atoms with Gasteiger partial charge in [-0.3, -0.25) is 0 Å². The summed E-state index contributed by atoms with van der Waals surface area (Å²) in [7, 11) is 0. The van der Waals surface area contributed by atoms with Crippen LogP contribution in [0.15, 0.2) is 24.3 Å². The summed E-state index contributed by atoms with van der Waals surface area (Å²) < 4.78 is 5.69. The van der Waals surface area contributed by atoms with E-state index < -0.39 is 0 Å². The second kappa shape index (κ2) is 8.43. The molecule has 0 unspecified atom stereocenters. The summed E-state index contributed by atoms with van der Waals surface area (Å²) in [6, 6.07) is 8.01. The van der Waals surface area contributed by atoms with Crippen molar-refractivity contribution in [1.29, 1.82) is 0 Å². The molecule has 0 fully saturated rings. The molecule has 1 aromatic rings. The standard InChI is InChI=1S/C14H23NOS/c1-12(2)11-17-8-4-7-16-14-6-3-5-13(9-14)10-15/h3,5-6,9,12H,4,7-8,10-11,15H2,1-2H3. The lowest BCUT2D eigenvalue weighted by Gasteiger charge is -2.08. The molecular weight excluding hydrogens is 230 g/mol. The molecule has 0 bridgehead atoms. The van der Waals surface area contributed by atoms with Crippen LogP contribution in [0.4, 0.5) is 0 Å². The first-order valence-electron chi connectivity index (χ1n) is 6.22. The molecule has 0 amide bonds. The number of hydrogen-bond donors (Lipinski definition) is 1. The summed E-state index contributed by atoms with van der Waals surface area (Å²) in [6.07, 6.45) is 1.10. The first kappa shape index (κ1) is 14.4. The SMILES string of the molecule is CC(C)CSCCCOc1cccc(CN)c1. The predicted octanol–water partition coefficient (Wildman–Crippen LogP) is 3.30. The van der Waals surface area contributed by atoms with Crippen molar-refractivity contribution in [3.05, 3.63) is 29.8 Å². The molecule has 0 aliphatic carbocycles. The van der Waals surface area contributed by atoms with Crippen LogP contribution in [0.1, 0.15) is 25.8 Å². The minimum atomic E-state index is 0.571. The minimum Gasteiger partial charge on any atom is -0.494 e. The molecule has 1 aromatic carbocycles. The highest BCUT2D eigenvalue weighted by Gasteiger charge is 1.97. The van der Waals surface area contributed by atoms with Crippen molar-refractivity contribution in [2.24, 2.45) is 11.7 Å². The molecule has 0 aliphatic rings. The Hall–Kier alpha value is -0.670. The fraction of sp³-hybridized carbons (Fsp3) is 0.571. The average Bonchev–Trinajstić information content (AvgIpc) is 2.33. The summed E-state index contributed by atoms with van der Waals surface area (Å²) in [5.41, 5.74) is 6.70. The zero-order chi connectivity index (χ0) is 12.5. The number of ether oxygens (including phenoxy) is 1. The second-order valence-electron chi connectivity index (χ2n) is 4.52. The summed E-state index contributed by atoms with van der Waals surface area (Å²) in [4.78, 5) is 0. The third-order valence-corrected chi connectivity index (χ3v) is 3.77. The van der Waals surface area contributed by atoms with E-state index in [4.69, 9.17) is 10.5 Å². The molecule has 0 saturated heterocycles. The van der Waals surface area contributed by atoms with Gasteiger partial charge in [0.25, 0.3) is 0 Å². The highest BCUT2D eigenvalue weighted by molar-refractivity contribution is 7.99. The Bertz CT molecular complexity index is 315. The van der Waals surface area contributed by atoms with Crippen molar-refractivity contribution >= 4 is 11.8 Å². The van der Waals surface area contributed by atoms with Gasteiger partial charge in [-0.25, -0.2) is 0 Å². The Labute approximate surface area is 109 Å². The summed E-state index contributed by atoms with van der Waals surface area (Å²) in [5, 5.41) is 0. The maximum atomic E-state index is 5.69. The van der Waals surface area contributed by atoms with E-state index in [1.165, 1.54) is 11.5 Å². The van der Waals surface area contributed by atoms with Gasteiger partial charge in [-0.2, -0.15) is 11.8 Å². The molecule has 0 saturated carbocycles. The molecule has 0 spiro atoms. The average molecular weight is 253 g/mol. The maximum Gasteiger partial charge on any atom is 0.119 e. The molecule has 0 aliphatic heterocycles. The Morgan fingerprint density at radius 1 is 1.35 bits per heavy atom. The first-order chi connectivity index (χ1) is 8.22. The van der Waals surface area contributed by atoms with Crippen molar-refractivity contribution in [2.75, 3.05) is 18.1 Å². The van der Waals surface area contributed by atoms with Crippen LogP contribution in [0.3, 0.4) is 0 Å². The van der Waals surface area contributed by atoms with Gasteiger partial charge < -0.3 is 10.5 Å². The van der Waals surface area contributed by atoms with Gasteiger partial charge in [0, 0.05) is 6.54 Å². The van der Waals surface area contributed by atoms with E-state index in [0.717, 1.165) is 30.3 Å². The second-order valence-corrected chi connectivity index (χ2v) is 5.67. The van der Waals surface area contributed by atoms with E-state index in [-0.39, 0.29) is 0 Å². The molecule has 0 atom stereocenters. The van der Waals surface area contributed by atoms with Crippen molar-refractivity contribution < 1.29 is 4.74 Å². The normalized spacial score (nSPS) is 10.8. The largest absolute Gasteiger partial charge is 0.494 e. The topological polar surface area (TPSA) is 35.2 Å². The molecule has 0 heterocycles. The molecule has 2 nitrogen and oxygen atoms in total. The van der Waals surface area contributed by atoms with E-state index in [0.29, 0.717) is 6.54 Å². The van der Waals surface area contributed by atoms with Crippen molar-refractivity contribution in [3.8, 4) is 5.75 Å². The zero-order valence-corrected chi connectivity index (χ0v) is 11.6. The fourth-order valence-corrected chi connectivity index (χ4v) is 2.39. The summed E-state index contributed by atoms with van der Waals surface area (Å²) in [6.45, 7) is 5.87. The number of thioether (sulfide) groups is 1. The predicted molar refractivity (Wildman–Crippen MR) is 76.6 cm³/mol. The summed E-state index contributed by atoms with van der Waals surface area (Å²) >= 11 is 2.00. The van der Waals surface area contributed by atoms with Crippen LogP contribution in [0.25, 0.3) is 0 Å². The van der Waals surface area contributed by atoms with Gasteiger partial charge in [-0.1, -0.05) is 26.0 Å². The van der Waals surface area contributed by atoms with Gasteiger partial charge in [-0.05, 0) is 41.5 Å². The van der Waals surface area contributed by atoms with E-state index in [1.54, 1.807) is 0 Å². The number of nitrogens with two attached hydrogens (primary N) is 1. The third kappa shape index (κ3) is 6.59. The Kier molecular flexibility index (Phi) is 7.13.